The lowest BCUT2D eigenvalue weighted by atomic mass is 10.2. The minimum atomic E-state index is -3.57. The maximum absolute atomic E-state index is 12.6. The molecule has 1 fully saturated rings. The first kappa shape index (κ1) is 19.0. The molecule has 0 bridgehead atoms. The summed E-state index contributed by atoms with van der Waals surface area (Å²) >= 11 is 6.11. The van der Waals surface area contributed by atoms with Crippen molar-refractivity contribution in [3.05, 3.63) is 28.8 Å². The molecule has 1 aromatic rings. The van der Waals surface area contributed by atoms with Crippen molar-refractivity contribution in [2.75, 3.05) is 49.8 Å². The second-order valence-corrected chi connectivity index (χ2v) is 8.50. The molecular weight excluding hydrogens is 350 g/mol. The van der Waals surface area contributed by atoms with Crippen LogP contribution in [0.5, 0.6) is 0 Å². The molecule has 1 aliphatic heterocycles. The highest BCUT2D eigenvalue weighted by atomic mass is 35.5. The molecular formula is C16H25ClN3O3S+. The number of carbonyl (C=O) groups is 1. The Morgan fingerprint density at radius 1 is 1.33 bits per heavy atom. The zero-order chi connectivity index (χ0) is 17.9. The Hall–Kier alpha value is -1.31. The maximum atomic E-state index is 12.6. The van der Waals surface area contributed by atoms with E-state index in [1.807, 2.05) is 6.92 Å². The zero-order valence-electron chi connectivity index (χ0n) is 14.4. The highest BCUT2D eigenvalue weighted by Crippen LogP contribution is 2.24. The third-order valence-corrected chi connectivity index (χ3v) is 5.99. The number of sulfonamides is 1. The van der Waals surface area contributed by atoms with Gasteiger partial charge in [0.25, 0.3) is 0 Å². The van der Waals surface area contributed by atoms with Crippen molar-refractivity contribution in [1.29, 1.82) is 0 Å². The molecule has 134 valence electrons. The van der Waals surface area contributed by atoms with Crippen LogP contribution in [0.1, 0.15) is 12.5 Å². The van der Waals surface area contributed by atoms with Gasteiger partial charge in [0.1, 0.15) is 6.54 Å². The summed E-state index contributed by atoms with van der Waals surface area (Å²) in [7, 11) is -3.57. The summed E-state index contributed by atoms with van der Waals surface area (Å²) in [5, 5.41) is 0.480. The van der Waals surface area contributed by atoms with Gasteiger partial charge in [-0.2, -0.15) is 0 Å². The minimum Gasteiger partial charge on any atom is -0.332 e. The number of rotatable bonds is 5. The van der Waals surface area contributed by atoms with Crippen LogP contribution in [-0.4, -0.2) is 64.7 Å². The predicted molar refractivity (Wildman–Crippen MR) is 96.2 cm³/mol. The quantitative estimate of drug-likeness (QED) is 0.798. The van der Waals surface area contributed by atoms with Gasteiger partial charge in [-0.3, -0.25) is 9.10 Å². The third kappa shape index (κ3) is 4.62. The smallest absolute Gasteiger partial charge is 0.243 e. The number of benzene rings is 1. The summed E-state index contributed by atoms with van der Waals surface area (Å²) in [5.41, 5.74) is 1.28. The first-order chi connectivity index (χ1) is 11.2. The molecule has 1 amide bonds. The Kier molecular flexibility index (Phi) is 6.11. The fraction of sp³-hybridized carbons (Fsp3) is 0.562. The summed E-state index contributed by atoms with van der Waals surface area (Å²) in [6.07, 6.45) is 1.10. The molecule has 1 aromatic carbocycles. The Balaban J connectivity index is 2.15. The van der Waals surface area contributed by atoms with E-state index in [2.05, 4.69) is 6.92 Å². The lowest BCUT2D eigenvalue weighted by molar-refractivity contribution is -0.902. The van der Waals surface area contributed by atoms with E-state index in [1.54, 1.807) is 23.1 Å². The van der Waals surface area contributed by atoms with Crippen molar-refractivity contribution in [3.63, 3.8) is 0 Å². The van der Waals surface area contributed by atoms with Gasteiger partial charge < -0.3 is 9.80 Å². The van der Waals surface area contributed by atoms with Gasteiger partial charge in [0.15, 0.2) is 0 Å². The van der Waals surface area contributed by atoms with Gasteiger partial charge >= 0.3 is 0 Å². The average molecular weight is 375 g/mol. The summed E-state index contributed by atoms with van der Waals surface area (Å²) in [6.45, 7) is 7.94. The Labute approximate surface area is 149 Å². The lowest BCUT2D eigenvalue weighted by Gasteiger charge is -2.33. The van der Waals surface area contributed by atoms with Crippen LogP contribution in [0.2, 0.25) is 5.02 Å². The monoisotopic (exact) mass is 374 g/mol. The zero-order valence-corrected chi connectivity index (χ0v) is 16.0. The molecule has 1 heterocycles. The molecule has 0 saturated carbocycles. The van der Waals surface area contributed by atoms with Crippen molar-refractivity contribution < 1.29 is 18.1 Å². The topological polar surface area (TPSA) is 62.1 Å². The third-order valence-electron chi connectivity index (χ3n) is 4.45. The number of hydrogen-bond acceptors (Lipinski definition) is 3. The van der Waals surface area contributed by atoms with E-state index in [1.165, 1.54) is 4.90 Å². The van der Waals surface area contributed by atoms with Gasteiger partial charge in [-0.15, -0.1) is 0 Å². The molecule has 6 nitrogen and oxygen atoms in total. The second kappa shape index (κ2) is 7.72. The largest absolute Gasteiger partial charge is 0.332 e. The molecule has 1 aliphatic rings. The predicted octanol–water partition coefficient (Wildman–Crippen LogP) is 0.161. The van der Waals surface area contributed by atoms with Crippen LogP contribution in [0.15, 0.2) is 18.2 Å². The van der Waals surface area contributed by atoms with E-state index < -0.39 is 10.0 Å². The number of carbonyl (C=O) groups excluding carboxylic acids is 1. The van der Waals surface area contributed by atoms with Crippen LogP contribution in [0.25, 0.3) is 0 Å². The molecule has 0 unspecified atom stereocenters. The summed E-state index contributed by atoms with van der Waals surface area (Å²) < 4.78 is 25.4. The van der Waals surface area contributed by atoms with Crippen molar-refractivity contribution in [2.45, 2.75) is 13.8 Å². The maximum Gasteiger partial charge on any atom is 0.243 e. The van der Waals surface area contributed by atoms with Crippen molar-refractivity contribution in [2.24, 2.45) is 0 Å². The first-order valence-electron chi connectivity index (χ1n) is 8.07. The van der Waals surface area contributed by atoms with E-state index in [4.69, 9.17) is 11.6 Å². The van der Waals surface area contributed by atoms with E-state index in [-0.39, 0.29) is 12.5 Å². The molecule has 1 saturated heterocycles. The van der Waals surface area contributed by atoms with Gasteiger partial charge in [-0.1, -0.05) is 17.7 Å². The number of nitrogens with zero attached hydrogens (tertiary/aromatic N) is 2. The standard InChI is InChI=1S/C16H24ClN3O3S/c1-4-18-7-9-19(10-8-18)16(21)12-20(24(3,22)23)14-6-5-13(2)15(17)11-14/h5-6,11H,4,7-10,12H2,1-3H3/p+1. The molecule has 2 rings (SSSR count). The molecule has 0 spiro atoms. The van der Waals surface area contributed by atoms with Crippen LogP contribution in [0.4, 0.5) is 5.69 Å². The average Bonchev–Trinajstić information content (AvgIpc) is 2.54. The van der Waals surface area contributed by atoms with Crippen molar-refractivity contribution in [1.82, 2.24) is 4.90 Å². The number of anilines is 1. The number of aryl methyl sites for hydroxylation is 1. The van der Waals surface area contributed by atoms with Gasteiger partial charge in [-0.05, 0) is 31.5 Å². The Morgan fingerprint density at radius 2 is 1.96 bits per heavy atom. The number of hydrogen-bond donors (Lipinski definition) is 1. The fourth-order valence-corrected chi connectivity index (χ4v) is 3.80. The number of nitrogens with one attached hydrogen (secondary N) is 1. The number of quaternary nitrogens is 1. The number of halogens is 1. The summed E-state index contributed by atoms with van der Waals surface area (Å²) in [5.74, 6) is -0.174. The van der Waals surface area contributed by atoms with Crippen LogP contribution in [-0.2, 0) is 14.8 Å². The summed E-state index contributed by atoms with van der Waals surface area (Å²) in [4.78, 5) is 15.8. The SMILES string of the molecule is CC[NH+]1CCN(C(=O)CN(c2ccc(C)c(Cl)c2)S(C)(=O)=O)CC1. The van der Waals surface area contributed by atoms with Crippen LogP contribution in [0, 0.1) is 6.92 Å². The highest BCUT2D eigenvalue weighted by molar-refractivity contribution is 7.92. The van der Waals surface area contributed by atoms with E-state index in [9.17, 15) is 13.2 Å². The van der Waals surface area contributed by atoms with Gasteiger partial charge in [0.2, 0.25) is 15.9 Å². The molecule has 0 atom stereocenters. The summed E-state index contributed by atoms with van der Waals surface area (Å²) in [6, 6.07) is 5.02. The Bertz CT molecular complexity index is 701. The van der Waals surface area contributed by atoms with Crippen LogP contribution in [0.3, 0.4) is 0 Å². The Morgan fingerprint density at radius 3 is 2.46 bits per heavy atom. The first-order valence-corrected chi connectivity index (χ1v) is 10.3. The minimum absolute atomic E-state index is 0.174. The molecule has 1 N–H and O–H groups in total. The van der Waals surface area contributed by atoms with Crippen molar-refractivity contribution >= 4 is 33.2 Å². The van der Waals surface area contributed by atoms with Gasteiger partial charge in [0, 0.05) is 5.02 Å². The highest BCUT2D eigenvalue weighted by Gasteiger charge is 2.27. The van der Waals surface area contributed by atoms with E-state index in [0.717, 1.165) is 35.8 Å². The molecule has 0 aromatic heterocycles. The lowest BCUT2D eigenvalue weighted by Crippen LogP contribution is -3.14. The van der Waals surface area contributed by atoms with Gasteiger partial charge in [-0.25, -0.2) is 8.42 Å². The second-order valence-electron chi connectivity index (χ2n) is 6.19. The number of likely N-dealkylation sites (N-methyl/N-ethyl adjacent to an activating group) is 1. The molecule has 8 heteroatoms. The molecule has 24 heavy (non-hydrogen) atoms. The fourth-order valence-electron chi connectivity index (χ4n) is 2.79. The van der Waals surface area contributed by atoms with Crippen molar-refractivity contribution in [3.8, 4) is 0 Å². The van der Waals surface area contributed by atoms with E-state index >= 15 is 0 Å². The molecule has 0 radical (unpaired) electrons. The van der Waals surface area contributed by atoms with Crippen LogP contribution >= 0.6 is 11.6 Å². The van der Waals surface area contributed by atoms with Gasteiger partial charge in [0.05, 0.1) is 44.7 Å². The molecule has 0 aliphatic carbocycles. The number of piperazine rings is 1. The number of amides is 1. The van der Waals surface area contributed by atoms with E-state index in [0.29, 0.717) is 23.8 Å². The normalized spacial score (nSPS) is 16.2. The van der Waals surface area contributed by atoms with Crippen LogP contribution < -0.4 is 9.21 Å².